The van der Waals surface area contributed by atoms with Gasteiger partial charge in [0.05, 0.1) is 17.0 Å². The molecule has 0 saturated heterocycles. The molecule has 1 aliphatic heterocycles. The van der Waals surface area contributed by atoms with Crippen LogP contribution in [0.3, 0.4) is 0 Å². The third-order valence-electron chi connectivity index (χ3n) is 4.61. The van der Waals surface area contributed by atoms with Crippen LogP contribution in [0.1, 0.15) is 27.7 Å². The predicted molar refractivity (Wildman–Crippen MR) is 101 cm³/mol. The van der Waals surface area contributed by atoms with Crippen molar-refractivity contribution in [2.75, 3.05) is 4.90 Å². The van der Waals surface area contributed by atoms with Gasteiger partial charge in [-0.15, -0.1) is 11.3 Å². The number of anilines is 1. The van der Waals surface area contributed by atoms with Crippen molar-refractivity contribution in [1.82, 2.24) is 4.98 Å². The summed E-state index contributed by atoms with van der Waals surface area (Å²) in [5.74, 6) is -0.262. The Balaban J connectivity index is 1.83. The second-order valence-corrected chi connectivity index (χ2v) is 7.03. The first-order chi connectivity index (χ1) is 13.1. The Bertz CT molecular complexity index is 1230. The molecule has 1 atom stereocenters. The molecule has 132 valence electrons. The average Bonchev–Trinajstić information content (AvgIpc) is 3.30. The van der Waals surface area contributed by atoms with Crippen LogP contribution >= 0.6 is 11.3 Å². The van der Waals surface area contributed by atoms with E-state index in [0.717, 1.165) is 0 Å². The number of benzene rings is 2. The zero-order chi connectivity index (χ0) is 18.5. The highest BCUT2D eigenvalue weighted by molar-refractivity contribution is 7.13. The SMILES string of the molecule is O=C1c2oc3ccccc3c(=O)c2[C@H](c2ccc(O)cc2)N1c1nccs1. The monoisotopic (exact) mass is 376 g/mol. The summed E-state index contributed by atoms with van der Waals surface area (Å²) in [6.45, 7) is 0. The summed E-state index contributed by atoms with van der Waals surface area (Å²) in [7, 11) is 0. The topological polar surface area (TPSA) is 83.6 Å². The van der Waals surface area contributed by atoms with Crippen LogP contribution in [0.15, 0.2) is 69.3 Å². The molecule has 0 aliphatic carbocycles. The molecule has 1 amide bonds. The lowest BCUT2D eigenvalue weighted by Crippen LogP contribution is -2.29. The third-order valence-corrected chi connectivity index (χ3v) is 5.38. The van der Waals surface area contributed by atoms with Crippen LogP contribution in [-0.2, 0) is 0 Å². The van der Waals surface area contributed by atoms with Crippen LogP contribution in [0.4, 0.5) is 5.13 Å². The predicted octanol–water partition coefficient (Wildman–Crippen LogP) is 3.70. The molecular formula is C20H12N2O4S. The summed E-state index contributed by atoms with van der Waals surface area (Å²) >= 11 is 1.31. The van der Waals surface area contributed by atoms with E-state index in [1.165, 1.54) is 28.4 Å². The molecule has 0 unspecified atom stereocenters. The minimum Gasteiger partial charge on any atom is -0.508 e. The van der Waals surface area contributed by atoms with E-state index >= 15 is 0 Å². The quantitative estimate of drug-likeness (QED) is 0.577. The standard InChI is InChI=1S/C20H12N2O4S/c23-12-7-5-11(6-8-12)16-15-17(24)13-3-1-2-4-14(13)26-18(15)19(25)22(16)20-21-9-10-27-20/h1-10,16,23H/t16-/m0/s1. The van der Waals surface area contributed by atoms with E-state index < -0.39 is 11.9 Å². The van der Waals surface area contributed by atoms with Gasteiger partial charge >= 0.3 is 0 Å². The van der Waals surface area contributed by atoms with E-state index in [1.807, 2.05) is 0 Å². The number of carbonyl (C=O) groups is 1. The van der Waals surface area contributed by atoms with Gasteiger partial charge in [0.2, 0.25) is 5.76 Å². The molecule has 2 aromatic carbocycles. The number of amides is 1. The molecule has 3 heterocycles. The van der Waals surface area contributed by atoms with Crippen molar-refractivity contribution in [1.29, 1.82) is 0 Å². The van der Waals surface area contributed by atoms with Crippen molar-refractivity contribution in [3.05, 3.63) is 87.2 Å². The number of phenols is 1. The summed E-state index contributed by atoms with van der Waals surface area (Å²) < 4.78 is 5.84. The first-order valence-corrected chi connectivity index (χ1v) is 9.11. The Labute approximate surface area is 156 Å². The van der Waals surface area contributed by atoms with Crippen molar-refractivity contribution in [2.24, 2.45) is 0 Å². The van der Waals surface area contributed by atoms with E-state index in [2.05, 4.69) is 4.98 Å². The lowest BCUT2D eigenvalue weighted by molar-refractivity contribution is 0.0971. The van der Waals surface area contributed by atoms with E-state index in [1.54, 1.807) is 48.0 Å². The Morgan fingerprint density at radius 1 is 1.07 bits per heavy atom. The average molecular weight is 376 g/mol. The normalized spacial score (nSPS) is 16.1. The molecule has 0 saturated carbocycles. The van der Waals surface area contributed by atoms with Crippen LogP contribution < -0.4 is 10.3 Å². The number of hydrogen-bond acceptors (Lipinski definition) is 6. The Hall–Kier alpha value is -3.45. The lowest BCUT2D eigenvalue weighted by atomic mass is 9.98. The van der Waals surface area contributed by atoms with Crippen LogP contribution in [0.2, 0.25) is 0 Å². The van der Waals surface area contributed by atoms with E-state index in [0.29, 0.717) is 27.2 Å². The Morgan fingerprint density at radius 3 is 2.59 bits per heavy atom. The highest BCUT2D eigenvalue weighted by atomic mass is 32.1. The fourth-order valence-corrected chi connectivity index (χ4v) is 4.09. The Kier molecular flexibility index (Phi) is 3.38. The summed E-state index contributed by atoms with van der Waals surface area (Å²) in [4.78, 5) is 32.1. The number of carbonyl (C=O) groups excluding carboxylic acids is 1. The molecule has 0 bridgehead atoms. The van der Waals surface area contributed by atoms with Gasteiger partial charge in [0.15, 0.2) is 10.6 Å². The van der Waals surface area contributed by atoms with Crippen molar-refractivity contribution in [3.8, 4) is 5.75 Å². The molecule has 7 heteroatoms. The minimum absolute atomic E-state index is 0.0342. The number of hydrogen-bond donors (Lipinski definition) is 1. The fraction of sp³-hybridized carbons (Fsp3) is 0.0500. The maximum atomic E-state index is 13.2. The van der Waals surface area contributed by atoms with Gasteiger partial charge in [-0.1, -0.05) is 24.3 Å². The van der Waals surface area contributed by atoms with Gasteiger partial charge in [-0.05, 0) is 29.8 Å². The molecule has 5 rings (SSSR count). The number of phenolic OH excluding ortho intramolecular Hbond substituents is 1. The van der Waals surface area contributed by atoms with Crippen molar-refractivity contribution in [2.45, 2.75) is 6.04 Å². The minimum atomic E-state index is -0.667. The van der Waals surface area contributed by atoms with Gasteiger partial charge in [0, 0.05) is 11.6 Å². The van der Waals surface area contributed by atoms with Crippen LogP contribution in [0, 0.1) is 0 Å². The highest BCUT2D eigenvalue weighted by Gasteiger charge is 2.44. The maximum Gasteiger partial charge on any atom is 0.297 e. The molecule has 6 nitrogen and oxygen atoms in total. The number of nitrogens with zero attached hydrogens (tertiary/aromatic N) is 2. The number of aromatic nitrogens is 1. The molecule has 0 spiro atoms. The van der Waals surface area contributed by atoms with Crippen LogP contribution in [-0.4, -0.2) is 16.0 Å². The van der Waals surface area contributed by atoms with Gasteiger partial charge in [-0.2, -0.15) is 0 Å². The second-order valence-electron chi connectivity index (χ2n) is 6.15. The van der Waals surface area contributed by atoms with Gasteiger partial charge in [-0.25, -0.2) is 4.98 Å². The Morgan fingerprint density at radius 2 is 1.85 bits per heavy atom. The number of fused-ring (bicyclic) bond motifs is 2. The lowest BCUT2D eigenvalue weighted by Gasteiger charge is -2.22. The maximum absolute atomic E-state index is 13.2. The first-order valence-electron chi connectivity index (χ1n) is 8.23. The van der Waals surface area contributed by atoms with Crippen molar-refractivity contribution < 1.29 is 14.3 Å². The second kappa shape index (κ2) is 5.78. The molecule has 1 aliphatic rings. The van der Waals surface area contributed by atoms with Gasteiger partial charge in [0.25, 0.3) is 5.91 Å². The highest BCUT2D eigenvalue weighted by Crippen LogP contribution is 2.41. The van der Waals surface area contributed by atoms with E-state index in [9.17, 15) is 14.7 Å². The number of thiazole rings is 1. The molecule has 4 aromatic rings. The molecule has 27 heavy (non-hydrogen) atoms. The smallest absolute Gasteiger partial charge is 0.297 e. The number of aromatic hydroxyl groups is 1. The largest absolute Gasteiger partial charge is 0.508 e. The fourth-order valence-electron chi connectivity index (χ4n) is 3.42. The van der Waals surface area contributed by atoms with Gasteiger partial charge in [-0.3, -0.25) is 14.5 Å². The van der Waals surface area contributed by atoms with Crippen LogP contribution in [0.5, 0.6) is 5.75 Å². The summed E-state index contributed by atoms with van der Waals surface area (Å²) in [6.07, 6.45) is 1.61. The van der Waals surface area contributed by atoms with E-state index in [4.69, 9.17) is 4.42 Å². The first kappa shape index (κ1) is 15.8. The molecular weight excluding hydrogens is 364 g/mol. The zero-order valence-corrected chi connectivity index (χ0v) is 14.6. The van der Waals surface area contributed by atoms with Crippen LogP contribution in [0.25, 0.3) is 11.0 Å². The molecule has 2 aromatic heterocycles. The number of rotatable bonds is 2. The van der Waals surface area contributed by atoms with Crippen molar-refractivity contribution >= 4 is 33.3 Å². The number of para-hydroxylation sites is 1. The van der Waals surface area contributed by atoms with Gasteiger partial charge in [0.1, 0.15) is 11.3 Å². The summed E-state index contributed by atoms with van der Waals surface area (Å²) in [5.41, 5.74) is 1.12. The summed E-state index contributed by atoms with van der Waals surface area (Å²) in [6, 6.07) is 12.7. The van der Waals surface area contributed by atoms with Crippen molar-refractivity contribution in [3.63, 3.8) is 0 Å². The molecule has 0 fully saturated rings. The van der Waals surface area contributed by atoms with E-state index in [-0.39, 0.29) is 16.9 Å². The third kappa shape index (κ3) is 2.29. The molecule has 0 radical (unpaired) electrons. The zero-order valence-electron chi connectivity index (χ0n) is 13.8. The summed E-state index contributed by atoms with van der Waals surface area (Å²) in [5, 5.41) is 12.3. The molecule has 1 N–H and O–H groups in total. The van der Waals surface area contributed by atoms with Gasteiger partial charge < -0.3 is 9.52 Å².